The van der Waals surface area contributed by atoms with Gasteiger partial charge in [-0.2, -0.15) is 16.2 Å². The SMILES string of the molecule is CN1CN(NN)N(C)N1. The third-order valence-corrected chi connectivity index (χ3v) is 1.17. The van der Waals surface area contributed by atoms with E-state index in [0.29, 0.717) is 0 Å². The molecule has 0 aromatic rings. The fourth-order valence-corrected chi connectivity index (χ4v) is 0.756. The molecule has 6 nitrogen and oxygen atoms in total. The Labute approximate surface area is 54.0 Å². The molecular formula is C3H12N6. The van der Waals surface area contributed by atoms with Crippen LogP contribution in [0.5, 0.6) is 0 Å². The van der Waals surface area contributed by atoms with Crippen LogP contribution in [0.4, 0.5) is 0 Å². The standard InChI is InChI=1S/C3H12N6/c1-7-3-9(5-4)8(2)6-7/h5-6H,3-4H2,1-2H3. The van der Waals surface area contributed by atoms with Crippen molar-refractivity contribution in [3.05, 3.63) is 0 Å². The molecule has 1 saturated heterocycles. The molecule has 1 aliphatic heterocycles. The molecule has 0 spiro atoms. The predicted octanol–water partition coefficient (Wildman–Crippen LogP) is -2.16. The Balaban J connectivity index is 2.38. The minimum Gasteiger partial charge on any atom is -0.256 e. The second-order valence-electron chi connectivity index (χ2n) is 1.99. The Kier molecular flexibility index (Phi) is 1.96. The van der Waals surface area contributed by atoms with E-state index in [9.17, 15) is 0 Å². The Morgan fingerprint density at radius 1 is 1.56 bits per heavy atom. The highest BCUT2D eigenvalue weighted by molar-refractivity contribution is 4.46. The van der Waals surface area contributed by atoms with Crippen molar-refractivity contribution in [3.63, 3.8) is 0 Å². The second-order valence-corrected chi connectivity index (χ2v) is 1.99. The molecule has 0 aliphatic carbocycles. The minimum atomic E-state index is 0.729. The highest BCUT2D eigenvalue weighted by Crippen LogP contribution is 1.94. The van der Waals surface area contributed by atoms with E-state index >= 15 is 0 Å². The second kappa shape index (κ2) is 2.56. The van der Waals surface area contributed by atoms with Gasteiger partial charge in [0, 0.05) is 14.1 Å². The van der Waals surface area contributed by atoms with Gasteiger partial charge in [0.1, 0.15) is 0 Å². The first-order valence-electron chi connectivity index (χ1n) is 2.69. The van der Waals surface area contributed by atoms with E-state index in [1.807, 2.05) is 19.1 Å². The smallest absolute Gasteiger partial charge is 0.0978 e. The predicted molar refractivity (Wildman–Crippen MR) is 32.7 cm³/mol. The minimum absolute atomic E-state index is 0.729. The van der Waals surface area contributed by atoms with Crippen LogP contribution in [0.25, 0.3) is 0 Å². The fraction of sp³-hybridized carbons (Fsp3) is 1.00. The number of nitrogens with two attached hydrogens (primary N) is 1. The van der Waals surface area contributed by atoms with Gasteiger partial charge in [-0.15, -0.1) is 5.12 Å². The lowest BCUT2D eigenvalue weighted by atomic mass is 11.0. The van der Waals surface area contributed by atoms with Crippen LogP contribution in [0.15, 0.2) is 0 Å². The summed E-state index contributed by atoms with van der Waals surface area (Å²) in [7, 11) is 3.79. The lowest BCUT2D eigenvalue weighted by molar-refractivity contribution is -0.0336. The molecule has 9 heavy (non-hydrogen) atoms. The first-order chi connectivity index (χ1) is 4.24. The van der Waals surface area contributed by atoms with Crippen LogP contribution in [0.2, 0.25) is 0 Å². The summed E-state index contributed by atoms with van der Waals surface area (Å²) in [6, 6.07) is 0. The fourth-order valence-electron chi connectivity index (χ4n) is 0.756. The number of hydrogen-bond donors (Lipinski definition) is 3. The normalized spacial score (nSPS) is 25.7. The molecule has 0 aromatic heterocycles. The summed E-state index contributed by atoms with van der Waals surface area (Å²) in [5.74, 6) is 5.15. The largest absolute Gasteiger partial charge is 0.256 e. The highest BCUT2D eigenvalue weighted by atomic mass is 16.1. The molecule has 6 heteroatoms. The zero-order valence-electron chi connectivity index (χ0n) is 5.63. The van der Waals surface area contributed by atoms with Crippen LogP contribution in [0, 0.1) is 0 Å². The molecule has 0 bridgehead atoms. The highest BCUT2D eigenvalue weighted by Gasteiger charge is 2.19. The molecule has 0 amide bonds. The maximum atomic E-state index is 5.15. The Morgan fingerprint density at radius 3 is 2.44 bits per heavy atom. The molecule has 0 saturated carbocycles. The van der Waals surface area contributed by atoms with Crippen molar-refractivity contribution in [2.45, 2.75) is 0 Å². The molecule has 0 radical (unpaired) electrons. The van der Waals surface area contributed by atoms with Crippen molar-refractivity contribution in [1.29, 1.82) is 0 Å². The maximum Gasteiger partial charge on any atom is 0.0978 e. The van der Waals surface area contributed by atoms with E-state index in [4.69, 9.17) is 5.84 Å². The van der Waals surface area contributed by atoms with Gasteiger partial charge in [-0.05, 0) is 0 Å². The van der Waals surface area contributed by atoms with E-state index in [1.165, 1.54) is 0 Å². The van der Waals surface area contributed by atoms with Gasteiger partial charge in [-0.25, -0.2) is 5.01 Å². The number of hydrazine groups is 5. The van der Waals surface area contributed by atoms with Gasteiger partial charge in [-0.3, -0.25) is 5.84 Å². The monoisotopic (exact) mass is 132 g/mol. The summed E-state index contributed by atoms with van der Waals surface area (Å²) in [4.78, 5) is 0. The Hall–Kier alpha value is -0.240. The molecule has 1 aliphatic rings. The van der Waals surface area contributed by atoms with Crippen molar-refractivity contribution >= 4 is 0 Å². The lowest BCUT2D eigenvalue weighted by Gasteiger charge is -2.18. The Morgan fingerprint density at radius 2 is 2.22 bits per heavy atom. The molecule has 1 heterocycles. The summed E-state index contributed by atoms with van der Waals surface area (Å²) in [5, 5.41) is 5.36. The summed E-state index contributed by atoms with van der Waals surface area (Å²) in [6.45, 7) is 0.729. The molecule has 1 fully saturated rings. The van der Waals surface area contributed by atoms with E-state index < -0.39 is 0 Å². The number of nitrogens with one attached hydrogen (secondary N) is 2. The van der Waals surface area contributed by atoms with Crippen molar-refractivity contribution in [1.82, 2.24) is 26.3 Å². The average Bonchev–Trinajstić information content (AvgIpc) is 2.10. The van der Waals surface area contributed by atoms with Crippen LogP contribution in [-0.4, -0.2) is 36.0 Å². The van der Waals surface area contributed by atoms with Gasteiger partial charge in [-0.1, -0.05) is 0 Å². The van der Waals surface area contributed by atoms with Crippen molar-refractivity contribution in [2.24, 2.45) is 5.84 Å². The quantitative estimate of drug-likeness (QED) is 0.279. The summed E-state index contributed by atoms with van der Waals surface area (Å²) in [6.07, 6.45) is 0. The van der Waals surface area contributed by atoms with Crippen molar-refractivity contribution in [2.75, 3.05) is 20.8 Å². The average molecular weight is 132 g/mol. The van der Waals surface area contributed by atoms with Gasteiger partial charge >= 0.3 is 0 Å². The number of rotatable bonds is 1. The van der Waals surface area contributed by atoms with E-state index in [1.54, 1.807) is 10.2 Å². The van der Waals surface area contributed by atoms with Crippen LogP contribution in [-0.2, 0) is 0 Å². The number of nitrogens with zero attached hydrogens (tertiary/aromatic N) is 3. The summed E-state index contributed by atoms with van der Waals surface area (Å²) < 4.78 is 0. The third kappa shape index (κ3) is 1.36. The van der Waals surface area contributed by atoms with Crippen LogP contribution in [0.1, 0.15) is 0 Å². The Bertz CT molecular complexity index is 94.3. The summed E-state index contributed by atoms with van der Waals surface area (Å²) >= 11 is 0. The van der Waals surface area contributed by atoms with Gasteiger partial charge < -0.3 is 0 Å². The summed E-state index contributed by atoms with van der Waals surface area (Å²) in [5.41, 5.74) is 5.47. The molecule has 0 unspecified atom stereocenters. The van der Waals surface area contributed by atoms with Crippen LogP contribution >= 0.6 is 0 Å². The van der Waals surface area contributed by atoms with Gasteiger partial charge in [0.25, 0.3) is 0 Å². The van der Waals surface area contributed by atoms with Gasteiger partial charge in [0.05, 0.1) is 6.67 Å². The molecule has 1 rings (SSSR count). The van der Waals surface area contributed by atoms with E-state index in [-0.39, 0.29) is 0 Å². The first kappa shape index (κ1) is 6.87. The third-order valence-electron chi connectivity index (χ3n) is 1.17. The zero-order chi connectivity index (χ0) is 6.85. The maximum absolute atomic E-state index is 5.15. The molecule has 4 N–H and O–H groups in total. The number of hydrogen-bond acceptors (Lipinski definition) is 6. The van der Waals surface area contributed by atoms with Gasteiger partial charge in [0.15, 0.2) is 0 Å². The van der Waals surface area contributed by atoms with Crippen LogP contribution in [0.3, 0.4) is 0 Å². The van der Waals surface area contributed by atoms with E-state index in [0.717, 1.165) is 6.67 Å². The molecular weight excluding hydrogens is 120 g/mol. The molecule has 0 aromatic carbocycles. The molecule has 54 valence electrons. The van der Waals surface area contributed by atoms with E-state index in [2.05, 4.69) is 11.1 Å². The van der Waals surface area contributed by atoms with Crippen molar-refractivity contribution in [3.8, 4) is 0 Å². The zero-order valence-corrected chi connectivity index (χ0v) is 5.63. The van der Waals surface area contributed by atoms with Crippen LogP contribution < -0.4 is 16.9 Å². The topological polar surface area (TPSA) is 59.8 Å². The first-order valence-corrected chi connectivity index (χ1v) is 2.69. The van der Waals surface area contributed by atoms with Crippen molar-refractivity contribution < 1.29 is 0 Å². The van der Waals surface area contributed by atoms with Gasteiger partial charge in [0.2, 0.25) is 0 Å². The lowest BCUT2D eigenvalue weighted by Crippen LogP contribution is -2.50. The molecule has 0 atom stereocenters.